The molecule has 6 heteroatoms. The van der Waals surface area contributed by atoms with Gasteiger partial charge in [-0.1, -0.05) is 54.6 Å². The van der Waals surface area contributed by atoms with Gasteiger partial charge in [-0.15, -0.1) is 0 Å². The topological polar surface area (TPSA) is 67.8 Å². The minimum Gasteiger partial charge on any atom is -0.489 e. The first-order valence-corrected chi connectivity index (χ1v) is 9.90. The molecule has 29 heavy (non-hydrogen) atoms. The summed E-state index contributed by atoms with van der Waals surface area (Å²) in [6.45, 7) is 1.83. The van der Waals surface area contributed by atoms with Gasteiger partial charge in [0, 0.05) is 6.92 Å². The van der Waals surface area contributed by atoms with Crippen molar-refractivity contribution in [2.45, 2.75) is 13.5 Å². The normalized spacial score (nSPS) is 14.9. The second-order valence-electron chi connectivity index (χ2n) is 6.51. The molecule has 144 valence electrons. The van der Waals surface area contributed by atoms with Crippen molar-refractivity contribution in [2.75, 3.05) is 0 Å². The van der Waals surface area contributed by atoms with E-state index in [0.29, 0.717) is 22.4 Å². The molecule has 0 unspecified atom stereocenters. The Balaban J connectivity index is 1.48. The van der Waals surface area contributed by atoms with Crippen LogP contribution < -0.4 is 10.1 Å². The van der Waals surface area contributed by atoms with Gasteiger partial charge < -0.3 is 10.1 Å². The maximum absolute atomic E-state index is 12.0. The van der Waals surface area contributed by atoms with Gasteiger partial charge in [0.15, 0.2) is 5.17 Å². The van der Waals surface area contributed by atoms with Gasteiger partial charge in [-0.25, -0.2) is 0 Å². The van der Waals surface area contributed by atoms with Gasteiger partial charge in [0.05, 0.1) is 4.91 Å². The van der Waals surface area contributed by atoms with E-state index in [0.717, 1.165) is 22.9 Å². The fourth-order valence-corrected chi connectivity index (χ4v) is 3.90. The maximum Gasteiger partial charge on any atom is 0.286 e. The molecule has 0 radical (unpaired) electrons. The van der Waals surface area contributed by atoms with E-state index < -0.39 is 0 Å². The Bertz CT molecular complexity index is 1160. The number of carbonyl (C=O) groups is 2. The monoisotopic (exact) mass is 402 g/mol. The second kappa shape index (κ2) is 8.32. The number of carbonyl (C=O) groups excluding carboxylic acids is 2. The number of hydrogen-bond acceptors (Lipinski definition) is 4. The maximum atomic E-state index is 12.0. The van der Waals surface area contributed by atoms with Crippen molar-refractivity contribution < 1.29 is 14.3 Å². The quantitative estimate of drug-likeness (QED) is 0.652. The van der Waals surface area contributed by atoms with E-state index in [1.807, 2.05) is 42.5 Å². The van der Waals surface area contributed by atoms with E-state index >= 15 is 0 Å². The standard InChI is InChI=1S/C23H18N2O3S/c1-15(26)24-23-25-22(27)21(29-23)13-16-6-4-10-19(12-16)28-14-18-9-5-8-17-7-2-3-11-20(17)18/h2-13H,14H2,1H3,(H,24,25,26,27)/b21-13-. The highest BCUT2D eigenvalue weighted by atomic mass is 32.2. The Morgan fingerprint density at radius 3 is 2.76 bits per heavy atom. The predicted octanol–water partition coefficient (Wildman–Crippen LogP) is 4.53. The molecule has 1 heterocycles. The van der Waals surface area contributed by atoms with Gasteiger partial charge >= 0.3 is 0 Å². The number of rotatable bonds is 4. The summed E-state index contributed by atoms with van der Waals surface area (Å²) < 4.78 is 6.00. The van der Waals surface area contributed by atoms with Crippen LogP contribution >= 0.6 is 11.8 Å². The zero-order valence-electron chi connectivity index (χ0n) is 15.7. The van der Waals surface area contributed by atoms with Crippen LogP contribution in [0.1, 0.15) is 18.1 Å². The van der Waals surface area contributed by atoms with E-state index in [2.05, 4.69) is 34.6 Å². The number of benzene rings is 3. The lowest BCUT2D eigenvalue weighted by Gasteiger charge is -2.10. The lowest BCUT2D eigenvalue weighted by Crippen LogP contribution is -2.23. The number of nitrogens with zero attached hydrogens (tertiary/aromatic N) is 1. The molecule has 3 aromatic carbocycles. The van der Waals surface area contributed by atoms with Crippen LogP contribution in [-0.2, 0) is 16.2 Å². The molecule has 2 amide bonds. The number of fused-ring (bicyclic) bond motifs is 1. The van der Waals surface area contributed by atoms with E-state index in [4.69, 9.17) is 4.74 Å². The van der Waals surface area contributed by atoms with Crippen molar-refractivity contribution in [1.29, 1.82) is 0 Å². The Kier molecular flexibility index (Phi) is 5.44. The number of nitrogens with one attached hydrogen (secondary N) is 1. The molecule has 0 aromatic heterocycles. The molecule has 0 atom stereocenters. The summed E-state index contributed by atoms with van der Waals surface area (Å²) in [6.07, 6.45) is 1.75. The highest BCUT2D eigenvalue weighted by molar-refractivity contribution is 8.18. The number of amides is 2. The van der Waals surface area contributed by atoms with Crippen molar-refractivity contribution in [1.82, 2.24) is 5.32 Å². The minimum absolute atomic E-state index is 0.255. The van der Waals surface area contributed by atoms with Crippen LogP contribution in [0.3, 0.4) is 0 Å². The summed E-state index contributed by atoms with van der Waals surface area (Å²) in [7, 11) is 0. The molecule has 0 aliphatic carbocycles. The molecule has 0 fully saturated rings. The van der Waals surface area contributed by atoms with Crippen LogP contribution in [0.2, 0.25) is 0 Å². The average molecular weight is 402 g/mol. The lowest BCUT2D eigenvalue weighted by atomic mass is 10.1. The van der Waals surface area contributed by atoms with Gasteiger partial charge in [0.1, 0.15) is 12.4 Å². The van der Waals surface area contributed by atoms with Crippen LogP contribution in [-0.4, -0.2) is 17.0 Å². The molecule has 0 saturated carbocycles. The smallest absolute Gasteiger partial charge is 0.286 e. The number of thioether (sulfide) groups is 1. The van der Waals surface area contributed by atoms with Crippen molar-refractivity contribution in [3.8, 4) is 5.75 Å². The summed E-state index contributed by atoms with van der Waals surface area (Å²) in [5.74, 6) is 0.0979. The van der Waals surface area contributed by atoms with Crippen LogP contribution in [0, 0.1) is 0 Å². The average Bonchev–Trinajstić information content (AvgIpc) is 3.04. The van der Waals surface area contributed by atoms with E-state index in [1.54, 1.807) is 6.08 Å². The fourth-order valence-electron chi connectivity index (χ4n) is 3.04. The predicted molar refractivity (Wildman–Crippen MR) is 117 cm³/mol. The SMILES string of the molecule is CC(=O)NC1=NC(=O)/C(=C/c2cccc(OCc3cccc4ccccc34)c2)S1. The lowest BCUT2D eigenvalue weighted by molar-refractivity contribution is -0.117. The second-order valence-corrected chi connectivity index (χ2v) is 7.54. The number of amidine groups is 1. The van der Waals surface area contributed by atoms with E-state index in [-0.39, 0.29) is 11.8 Å². The Morgan fingerprint density at radius 1 is 1.10 bits per heavy atom. The molecule has 1 aliphatic heterocycles. The third-order valence-corrected chi connectivity index (χ3v) is 5.23. The Hall–Kier alpha value is -3.38. The highest BCUT2D eigenvalue weighted by Gasteiger charge is 2.22. The third kappa shape index (κ3) is 4.55. The fraction of sp³-hybridized carbons (Fsp3) is 0.0870. The summed E-state index contributed by atoms with van der Waals surface area (Å²) in [5, 5.41) is 5.19. The molecule has 1 N–H and O–H groups in total. The molecule has 0 saturated heterocycles. The van der Waals surface area contributed by atoms with Crippen LogP contribution in [0.5, 0.6) is 5.75 Å². The third-order valence-electron chi connectivity index (χ3n) is 4.33. The first-order chi connectivity index (χ1) is 14.1. The van der Waals surface area contributed by atoms with Crippen molar-refractivity contribution >= 4 is 45.6 Å². The zero-order valence-corrected chi connectivity index (χ0v) is 16.5. The molecule has 0 spiro atoms. The minimum atomic E-state index is -0.360. The number of aliphatic imine (C=N–C) groups is 1. The van der Waals surface area contributed by atoms with E-state index in [1.165, 1.54) is 17.7 Å². The largest absolute Gasteiger partial charge is 0.489 e. The van der Waals surface area contributed by atoms with Crippen LogP contribution in [0.4, 0.5) is 0 Å². The highest BCUT2D eigenvalue weighted by Crippen LogP contribution is 2.28. The first-order valence-electron chi connectivity index (χ1n) is 9.08. The Morgan fingerprint density at radius 2 is 1.90 bits per heavy atom. The summed E-state index contributed by atoms with van der Waals surface area (Å²) in [4.78, 5) is 27.5. The molecular weight excluding hydrogens is 384 g/mol. The number of hydrogen-bond donors (Lipinski definition) is 1. The van der Waals surface area contributed by atoms with Crippen molar-refractivity contribution in [3.63, 3.8) is 0 Å². The van der Waals surface area contributed by atoms with Gasteiger partial charge in [-0.2, -0.15) is 4.99 Å². The summed E-state index contributed by atoms with van der Waals surface area (Å²) in [5.41, 5.74) is 1.94. The van der Waals surface area contributed by atoms with Gasteiger partial charge in [0.25, 0.3) is 5.91 Å². The molecule has 4 rings (SSSR count). The summed E-state index contributed by atoms with van der Waals surface area (Å²) in [6, 6.07) is 21.9. The Labute approximate surface area is 172 Å². The number of ether oxygens (including phenoxy) is 1. The van der Waals surface area contributed by atoms with Crippen LogP contribution in [0.15, 0.2) is 76.6 Å². The molecule has 3 aromatic rings. The molecular formula is C23H18N2O3S. The van der Waals surface area contributed by atoms with Gasteiger partial charge in [-0.3, -0.25) is 9.59 Å². The van der Waals surface area contributed by atoms with Crippen molar-refractivity contribution in [3.05, 3.63) is 82.8 Å². The van der Waals surface area contributed by atoms with Crippen molar-refractivity contribution in [2.24, 2.45) is 4.99 Å². The van der Waals surface area contributed by atoms with Gasteiger partial charge in [0.2, 0.25) is 5.91 Å². The first kappa shape index (κ1) is 19.0. The van der Waals surface area contributed by atoms with Crippen LogP contribution in [0.25, 0.3) is 16.8 Å². The van der Waals surface area contributed by atoms with Gasteiger partial charge in [-0.05, 0) is 51.9 Å². The summed E-state index contributed by atoms with van der Waals surface area (Å²) >= 11 is 1.15. The zero-order chi connectivity index (χ0) is 20.2. The molecule has 1 aliphatic rings. The molecule has 0 bridgehead atoms. The van der Waals surface area contributed by atoms with E-state index in [9.17, 15) is 9.59 Å². The molecule has 5 nitrogen and oxygen atoms in total.